The topological polar surface area (TPSA) is 15.3 Å². The highest BCUT2D eigenvalue weighted by atomic mass is 35.5. The summed E-state index contributed by atoms with van der Waals surface area (Å²) in [6, 6.07) is 9.67. The van der Waals surface area contributed by atoms with Crippen molar-refractivity contribution < 1.29 is 0 Å². The van der Waals surface area contributed by atoms with Crippen LogP contribution in [-0.4, -0.2) is 37.1 Å². The van der Waals surface area contributed by atoms with Gasteiger partial charge in [0.15, 0.2) is 0 Å². The second kappa shape index (κ2) is 8.02. The van der Waals surface area contributed by atoms with Crippen LogP contribution in [0, 0.1) is 0 Å². The largest absolute Gasteiger partial charge is 0.320 e. The Labute approximate surface area is 128 Å². The van der Waals surface area contributed by atoms with Crippen molar-refractivity contribution >= 4 is 11.6 Å². The predicted octanol–water partition coefficient (Wildman–Crippen LogP) is 3.74. The number of hydrogen-bond acceptors (Lipinski definition) is 2. The fourth-order valence-electron chi connectivity index (χ4n) is 3.30. The molecule has 1 aliphatic heterocycles. The Morgan fingerprint density at radius 1 is 1.30 bits per heavy atom. The molecular formula is C17H27ClN2. The third-order valence-corrected chi connectivity index (χ3v) is 4.66. The third kappa shape index (κ3) is 4.47. The minimum absolute atomic E-state index is 0.610. The van der Waals surface area contributed by atoms with Gasteiger partial charge in [-0.05, 0) is 70.4 Å². The Balaban J connectivity index is 1.94. The summed E-state index contributed by atoms with van der Waals surface area (Å²) in [4.78, 5) is 2.72. The molecule has 1 saturated heterocycles. The Morgan fingerprint density at radius 3 is 2.75 bits per heavy atom. The lowest BCUT2D eigenvalue weighted by Crippen LogP contribution is -2.46. The average molecular weight is 295 g/mol. The average Bonchev–Trinajstić information content (AvgIpc) is 2.47. The lowest BCUT2D eigenvalue weighted by Gasteiger charge is -2.40. The van der Waals surface area contributed by atoms with E-state index >= 15 is 0 Å². The lowest BCUT2D eigenvalue weighted by atomic mass is 9.95. The first-order chi connectivity index (χ1) is 9.70. The Morgan fingerprint density at radius 2 is 2.05 bits per heavy atom. The summed E-state index contributed by atoms with van der Waals surface area (Å²) in [6.07, 6.45) is 6.47. The molecule has 1 aliphatic rings. The summed E-state index contributed by atoms with van der Waals surface area (Å²) in [6.45, 7) is 4.74. The predicted molar refractivity (Wildman–Crippen MR) is 87.5 cm³/mol. The molecule has 0 spiro atoms. The first kappa shape index (κ1) is 15.8. The first-order valence-electron chi connectivity index (χ1n) is 7.85. The van der Waals surface area contributed by atoms with E-state index in [2.05, 4.69) is 29.3 Å². The Hall–Kier alpha value is -0.570. The molecule has 3 heteroatoms. The van der Waals surface area contributed by atoms with Crippen LogP contribution in [-0.2, 0) is 6.42 Å². The molecule has 1 aromatic carbocycles. The summed E-state index contributed by atoms with van der Waals surface area (Å²) < 4.78 is 0. The van der Waals surface area contributed by atoms with Gasteiger partial charge >= 0.3 is 0 Å². The second-order valence-corrected chi connectivity index (χ2v) is 6.40. The van der Waals surface area contributed by atoms with E-state index in [0.717, 1.165) is 24.0 Å². The van der Waals surface area contributed by atoms with Crippen LogP contribution >= 0.6 is 11.6 Å². The number of piperidine rings is 1. The fourth-order valence-corrected chi connectivity index (χ4v) is 3.43. The summed E-state index contributed by atoms with van der Waals surface area (Å²) in [5, 5.41) is 4.11. The maximum absolute atomic E-state index is 5.96. The van der Waals surface area contributed by atoms with Crippen molar-refractivity contribution in [2.24, 2.45) is 0 Å². The molecule has 2 atom stereocenters. The molecule has 112 valence electrons. The maximum Gasteiger partial charge on any atom is 0.0406 e. The van der Waals surface area contributed by atoms with Gasteiger partial charge in [0.1, 0.15) is 0 Å². The number of halogens is 1. The maximum atomic E-state index is 5.96. The monoisotopic (exact) mass is 294 g/mol. The number of benzene rings is 1. The molecule has 20 heavy (non-hydrogen) atoms. The second-order valence-electron chi connectivity index (χ2n) is 5.96. The van der Waals surface area contributed by atoms with Crippen LogP contribution in [0.4, 0.5) is 0 Å². The fraction of sp³-hybridized carbons (Fsp3) is 0.647. The van der Waals surface area contributed by atoms with Crippen molar-refractivity contribution in [3.8, 4) is 0 Å². The molecule has 2 rings (SSSR count). The van der Waals surface area contributed by atoms with Crippen LogP contribution in [0.5, 0.6) is 0 Å². The van der Waals surface area contributed by atoms with Gasteiger partial charge in [0.2, 0.25) is 0 Å². The molecule has 1 N–H and O–H groups in total. The number of likely N-dealkylation sites (tertiary alicyclic amines) is 1. The molecule has 2 unspecified atom stereocenters. The third-order valence-electron chi connectivity index (χ3n) is 4.41. The van der Waals surface area contributed by atoms with Gasteiger partial charge in [0, 0.05) is 17.1 Å². The van der Waals surface area contributed by atoms with E-state index in [-0.39, 0.29) is 0 Å². The van der Waals surface area contributed by atoms with Crippen molar-refractivity contribution in [2.45, 2.75) is 51.1 Å². The molecule has 0 saturated carbocycles. The first-order valence-corrected chi connectivity index (χ1v) is 8.23. The highest BCUT2D eigenvalue weighted by Crippen LogP contribution is 2.23. The molecule has 1 aromatic rings. The van der Waals surface area contributed by atoms with E-state index in [1.165, 1.54) is 37.8 Å². The smallest absolute Gasteiger partial charge is 0.0406 e. The van der Waals surface area contributed by atoms with E-state index in [1.54, 1.807) is 0 Å². The number of rotatable bonds is 6. The number of nitrogens with one attached hydrogen (secondary N) is 1. The van der Waals surface area contributed by atoms with Crippen LogP contribution in [0.15, 0.2) is 24.3 Å². The van der Waals surface area contributed by atoms with Gasteiger partial charge < -0.3 is 5.32 Å². The molecule has 0 aromatic heterocycles. The van der Waals surface area contributed by atoms with Gasteiger partial charge in [-0.2, -0.15) is 0 Å². The molecule has 1 fully saturated rings. The van der Waals surface area contributed by atoms with E-state index in [0.29, 0.717) is 6.04 Å². The molecule has 1 heterocycles. The lowest BCUT2D eigenvalue weighted by molar-refractivity contribution is 0.0971. The van der Waals surface area contributed by atoms with E-state index in [9.17, 15) is 0 Å². The zero-order valence-electron chi connectivity index (χ0n) is 12.7. The normalized spacial score (nSPS) is 21.9. The van der Waals surface area contributed by atoms with Crippen molar-refractivity contribution in [1.29, 1.82) is 0 Å². The van der Waals surface area contributed by atoms with E-state index < -0.39 is 0 Å². The SMILES string of the molecule is CNCCC1CCCCN1C(C)Cc1ccc(Cl)cc1. The quantitative estimate of drug-likeness (QED) is 0.860. The van der Waals surface area contributed by atoms with Gasteiger partial charge in [0.05, 0.1) is 0 Å². The summed E-state index contributed by atoms with van der Waals surface area (Å²) >= 11 is 5.96. The minimum atomic E-state index is 0.610. The minimum Gasteiger partial charge on any atom is -0.320 e. The van der Waals surface area contributed by atoms with Gasteiger partial charge in [-0.1, -0.05) is 30.2 Å². The zero-order valence-corrected chi connectivity index (χ0v) is 13.5. The summed E-state index contributed by atoms with van der Waals surface area (Å²) in [5.41, 5.74) is 1.39. The number of hydrogen-bond donors (Lipinski definition) is 1. The van der Waals surface area contributed by atoms with E-state index in [1.807, 2.05) is 19.2 Å². The molecular weight excluding hydrogens is 268 g/mol. The highest BCUT2D eigenvalue weighted by molar-refractivity contribution is 6.30. The summed E-state index contributed by atoms with van der Waals surface area (Å²) in [5.74, 6) is 0. The Kier molecular flexibility index (Phi) is 6.34. The highest BCUT2D eigenvalue weighted by Gasteiger charge is 2.25. The molecule has 0 amide bonds. The standard InChI is InChI=1S/C17H27ClN2/c1-14(13-15-6-8-16(18)9-7-15)20-12-4-3-5-17(20)10-11-19-2/h6-9,14,17,19H,3-5,10-13H2,1-2H3. The van der Waals surface area contributed by atoms with Gasteiger partial charge in [-0.25, -0.2) is 0 Å². The van der Waals surface area contributed by atoms with Crippen LogP contribution in [0.1, 0.15) is 38.2 Å². The summed E-state index contributed by atoms with van der Waals surface area (Å²) in [7, 11) is 2.05. The van der Waals surface area contributed by atoms with Crippen molar-refractivity contribution in [1.82, 2.24) is 10.2 Å². The molecule has 0 aliphatic carbocycles. The van der Waals surface area contributed by atoms with Gasteiger partial charge in [0.25, 0.3) is 0 Å². The van der Waals surface area contributed by atoms with Crippen molar-refractivity contribution in [3.05, 3.63) is 34.9 Å². The van der Waals surface area contributed by atoms with Gasteiger partial charge in [-0.3, -0.25) is 4.90 Å². The van der Waals surface area contributed by atoms with Crippen LogP contribution in [0.2, 0.25) is 5.02 Å². The van der Waals surface area contributed by atoms with Gasteiger partial charge in [-0.15, -0.1) is 0 Å². The molecule has 0 bridgehead atoms. The molecule has 0 radical (unpaired) electrons. The number of nitrogens with zero attached hydrogens (tertiary/aromatic N) is 1. The van der Waals surface area contributed by atoms with Crippen molar-refractivity contribution in [3.63, 3.8) is 0 Å². The molecule has 2 nitrogen and oxygen atoms in total. The van der Waals surface area contributed by atoms with Crippen LogP contribution in [0.25, 0.3) is 0 Å². The zero-order chi connectivity index (χ0) is 14.4. The van der Waals surface area contributed by atoms with Crippen molar-refractivity contribution in [2.75, 3.05) is 20.1 Å². The van der Waals surface area contributed by atoms with Crippen LogP contribution < -0.4 is 5.32 Å². The van der Waals surface area contributed by atoms with E-state index in [4.69, 9.17) is 11.6 Å². The Bertz CT molecular complexity index is 390. The van der Waals surface area contributed by atoms with Crippen LogP contribution in [0.3, 0.4) is 0 Å².